The molecule has 0 amide bonds. The van der Waals surface area contributed by atoms with E-state index in [9.17, 15) is 13.9 Å². The van der Waals surface area contributed by atoms with Gasteiger partial charge in [-0.3, -0.25) is 13.9 Å². The van der Waals surface area contributed by atoms with E-state index in [0.29, 0.717) is 77.0 Å². The fourth-order valence-corrected chi connectivity index (χ4v) is 12.1. The second-order valence-corrected chi connectivity index (χ2v) is 22.4. The highest BCUT2D eigenvalue weighted by molar-refractivity contribution is 7.54. The summed E-state index contributed by atoms with van der Waals surface area (Å²) < 4.78 is 60.7. The number of benzene rings is 2. The summed E-state index contributed by atoms with van der Waals surface area (Å²) in [7, 11) is -6.24. The molecule has 0 atom stereocenters. The number of aldehydes is 1. The summed E-state index contributed by atoms with van der Waals surface area (Å²) in [6, 6.07) is 40.1. The highest BCUT2D eigenvalue weighted by Crippen LogP contribution is 2.48. The molecule has 15 heteroatoms. The molecule has 13 nitrogen and oxygen atoms in total. The predicted molar refractivity (Wildman–Crippen MR) is 283 cm³/mol. The van der Waals surface area contributed by atoms with Gasteiger partial charge in [-0.2, -0.15) is 0 Å². The average Bonchev–Trinajstić information content (AvgIpc) is 3.41. The van der Waals surface area contributed by atoms with Crippen LogP contribution >= 0.6 is 15.2 Å². The van der Waals surface area contributed by atoms with E-state index >= 15 is 0 Å². The molecule has 0 aliphatic carbocycles. The first-order valence-corrected chi connectivity index (χ1v) is 28.9. The molecule has 0 aliphatic heterocycles. The SMILES string of the molecule is CCOP(=O)(CC[n+]1ccc(-c2cc[n+](Cc3cc(C[n+]4ccc(-c5cc[n+](CCP(=O)(OCC)OCC)cc5)cc4)cc(C[n+]4ccc(-c5cc[n+](Cc6ccc(C=O)cc6)cc5)cc4)c3)cc2)cc1)OCC. The first-order chi connectivity index (χ1) is 36.0. The van der Waals surface area contributed by atoms with Crippen LogP contribution in [-0.2, 0) is 66.5 Å². The zero-order valence-corrected chi connectivity index (χ0v) is 44.7. The lowest BCUT2D eigenvalue weighted by atomic mass is 10.0. The van der Waals surface area contributed by atoms with E-state index in [1.165, 1.54) is 16.7 Å². The molecule has 0 N–H and O–H groups in total. The van der Waals surface area contributed by atoms with Gasteiger partial charge >= 0.3 is 15.2 Å². The van der Waals surface area contributed by atoms with Crippen molar-refractivity contribution in [3.05, 3.63) is 217 Å². The summed E-state index contributed by atoms with van der Waals surface area (Å²) in [6.07, 6.45) is 26.5. The normalized spacial score (nSPS) is 11.7. The Labute approximate surface area is 435 Å². The predicted octanol–water partition coefficient (Wildman–Crippen LogP) is 8.95. The molecule has 0 bridgehead atoms. The molecule has 6 aromatic heterocycles. The highest BCUT2D eigenvalue weighted by Gasteiger charge is 2.27. The average molecular weight is 1040 g/mol. The summed E-state index contributed by atoms with van der Waals surface area (Å²) in [6.45, 7) is 12.6. The number of aromatic nitrogens is 6. The lowest BCUT2D eigenvalue weighted by Gasteiger charge is -2.15. The van der Waals surface area contributed by atoms with Crippen LogP contribution in [0, 0.1) is 0 Å². The molecule has 0 fully saturated rings. The number of carbonyl (C=O) groups excluding carboxylic acids is 1. The van der Waals surface area contributed by atoms with Gasteiger partial charge in [-0.05, 0) is 79.3 Å². The Morgan fingerprint density at radius 1 is 0.351 bits per heavy atom. The van der Waals surface area contributed by atoms with Gasteiger partial charge in [-0.15, -0.1) is 0 Å². The van der Waals surface area contributed by atoms with Crippen LogP contribution in [0.2, 0.25) is 0 Å². The maximum atomic E-state index is 13.0. The Kier molecular flexibility index (Phi) is 18.8. The summed E-state index contributed by atoms with van der Waals surface area (Å²) >= 11 is 0. The van der Waals surface area contributed by atoms with Crippen molar-refractivity contribution in [3.8, 4) is 33.4 Å². The van der Waals surface area contributed by atoms with Gasteiger partial charge in [0, 0.05) is 101 Å². The van der Waals surface area contributed by atoms with Gasteiger partial charge in [0.15, 0.2) is 114 Å². The Hall–Kier alpha value is -6.69. The molecule has 8 rings (SSSR count). The molecule has 0 aliphatic rings. The first-order valence-electron chi connectivity index (χ1n) is 25.4. The van der Waals surface area contributed by atoms with Gasteiger partial charge in [-0.25, -0.2) is 27.4 Å². The summed E-state index contributed by atoms with van der Waals surface area (Å²) in [5, 5.41) is 0. The van der Waals surface area contributed by atoms with Crippen molar-refractivity contribution in [1.29, 1.82) is 0 Å². The number of rotatable bonds is 26. The van der Waals surface area contributed by atoms with E-state index in [1.807, 2.05) is 85.9 Å². The van der Waals surface area contributed by atoms with Gasteiger partial charge in [-0.1, -0.05) is 24.3 Å². The molecule has 0 saturated carbocycles. The number of aryl methyl sites for hydroxylation is 2. The van der Waals surface area contributed by atoms with Crippen LogP contribution in [0.5, 0.6) is 0 Å². The van der Waals surface area contributed by atoms with Crippen LogP contribution in [-0.4, -0.2) is 45.0 Å². The second kappa shape index (κ2) is 26.0. The van der Waals surface area contributed by atoms with Crippen LogP contribution in [0.15, 0.2) is 190 Å². The number of nitrogens with zero attached hydrogens (tertiary/aromatic N) is 6. The first kappa shape index (κ1) is 53.6. The number of carbonyl (C=O) groups is 1. The Morgan fingerprint density at radius 3 is 0.838 bits per heavy atom. The molecule has 0 spiro atoms. The Bertz CT molecular complexity index is 3000. The topological polar surface area (TPSA) is 111 Å². The lowest BCUT2D eigenvalue weighted by molar-refractivity contribution is -0.692. The lowest BCUT2D eigenvalue weighted by Crippen LogP contribution is -2.36. The van der Waals surface area contributed by atoms with Crippen LogP contribution in [0.4, 0.5) is 0 Å². The number of hydrogen-bond acceptors (Lipinski definition) is 7. The van der Waals surface area contributed by atoms with Crippen LogP contribution in [0.3, 0.4) is 0 Å². The summed E-state index contributed by atoms with van der Waals surface area (Å²) in [5.74, 6) is 0. The van der Waals surface area contributed by atoms with Crippen LogP contribution in [0.1, 0.15) is 60.3 Å². The quantitative estimate of drug-likeness (QED) is 0.0303. The smallest absolute Gasteiger partial charge is 0.309 e. The van der Waals surface area contributed by atoms with E-state index in [1.54, 1.807) is 0 Å². The fourth-order valence-electron chi connectivity index (χ4n) is 8.87. The van der Waals surface area contributed by atoms with Gasteiger partial charge in [0.25, 0.3) is 0 Å². The van der Waals surface area contributed by atoms with Crippen molar-refractivity contribution in [3.63, 3.8) is 0 Å². The minimum atomic E-state index is -3.12. The Morgan fingerprint density at radius 2 is 0.595 bits per heavy atom. The van der Waals surface area contributed by atoms with Crippen molar-refractivity contribution in [2.75, 3.05) is 38.8 Å². The fraction of sp³-hybridized carbons (Fsp3) is 0.271. The molecular formula is C59H68N6O7P2+6. The third-order valence-electron chi connectivity index (χ3n) is 12.6. The van der Waals surface area contributed by atoms with E-state index in [0.717, 1.165) is 51.8 Å². The van der Waals surface area contributed by atoms with Crippen LogP contribution < -0.4 is 27.4 Å². The maximum absolute atomic E-state index is 13.0. The van der Waals surface area contributed by atoms with Crippen molar-refractivity contribution >= 4 is 21.5 Å². The zero-order chi connectivity index (χ0) is 51.8. The second-order valence-electron chi connectivity index (χ2n) is 18.0. The third kappa shape index (κ3) is 15.2. The molecule has 0 saturated heterocycles. The van der Waals surface area contributed by atoms with E-state index in [2.05, 4.69) is 159 Å². The standard InChI is InChI=1S/C59H68N6O7P2/c1-5-69-73(67,70-6-2)39-37-60-25-13-54(14-26-60)56-19-31-63(32-20-56)45-51-41-52(46-64-33-21-57(22-34-64)55-15-27-61(28-16-55)38-40-74(68,71-7-3)72-8-4)43-53(42-51)47-65-35-23-59(24-36-65)58-17-29-62(30-18-58)44-49-9-11-50(48-66)12-10-49/h9-36,41-43,48H,5-8,37-40,44-47H2,1-4H3/q+6. The third-order valence-corrected chi connectivity index (χ3v) is 16.7. The largest absolute Gasteiger partial charge is 0.337 e. The molecule has 0 radical (unpaired) electrons. The maximum Gasteiger partial charge on any atom is 0.337 e. The van der Waals surface area contributed by atoms with Gasteiger partial charge < -0.3 is 18.1 Å². The van der Waals surface area contributed by atoms with E-state index < -0.39 is 15.2 Å². The summed E-state index contributed by atoms with van der Waals surface area (Å²) in [5.41, 5.74) is 12.1. The minimum Gasteiger partial charge on any atom is -0.309 e. The molecule has 74 heavy (non-hydrogen) atoms. The van der Waals surface area contributed by atoms with Crippen molar-refractivity contribution < 1.29 is 59.4 Å². The minimum absolute atomic E-state index is 0.315. The Balaban J connectivity index is 0.966. The van der Waals surface area contributed by atoms with Gasteiger partial charge in [0.1, 0.15) is 18.6 Å². The number of pyridine rings is 6. The van der Waals surface area contributed by atoms with Gasteiger partial charge in [0.2, 0.25) is 0 Å². The van der Waals surface area contributed by atoms with E-state index in [4.69, 9.17) is 18.1 Å². The molecular weight excluding hydrogens is 967 g/mol. The molecule has 0 unspecified atom stereocenters. The van der Waals surface area contributed by atoms with Gasteiger partial charge in [0.05, 0.1) is 26.4 Å². The monoisotopic (exact) mass is 1030 g/mol. The van der Waals surface area contributed by atoms with E-state index in [-0.39, 0.29) is 0 Å². The molecule has 6 heterocycles. The van der Waals surface area contributed by atoms with Crippen molar-refractivity contribution in [1.82, 2.24) is 0 Å². The molecule has 380 valence electrons. The molecule has 8 aromatic rings. The van der Waals surface area contributed by atoms with Crippen molar-refractivity contribution in [2.45, 2.75) is 67.0 Å². The summed E-state index contributed by atoms with van der Waals surface area (Å²) in [4.78, 5) is 11.1. The van der Waals surface area contributed by atoms with Crippen LogP contribution in [0.25, 0.3) is 33.4 Å². The zero-order valence-electron chi connectivity index (χ0n) is 42.9. The van der Waals surface area contributed by atoms with Crippen molar-refractivity contribution in [2.24, 2.45) is 0 Å². The number of hydrogen-bond donors (Lipinski definition) is 0. The molecule has 2 aromatic carbocycles. The highest BCUT2D eigenvalue weighted by atomic mass is 31.2.